The molecule has 1 fully saturated rings. The van der Waals surface area contributed by atoms with Crippen LogP contribution in [0.15, 0.2) is 12.4 Å². The molecule has 1 aromatic rings. The van der Waals surface area contributed by atoms with Crippen molar-refractivity contribution in [2.24, 2.45) is 0 Å². The van der Waals surface area contributed by atoms with Crippen LogP contribution in [-0.2, 0) is 6.54 Å². The summed E-state index contributed by atoms with van der Waals surface area (Å²) in [6.45, 7) is 6.53. The maximum Gasteiger partial charge on any atom is 0.113 e. The van der Waals surface area contributed by atoms with Gasteiger partial charge in [0.15, 0.2) is 0 Å². The van der Waals surface area contributed by atoms with Crippen molar-refractivity contribution in [3.05, 3.63) is 18.2 Å². The molecule has 1 aliphatic rings. The molecular weight excluding hydrogens is 174 g/mol. The summed E-state index contributed by atoms with van der Waals surface area (Å²) >= 11 is 0. The van der Waals surface area contributed by atoms with E-state index < -0.39 is 0 Å². The fourth-order valence-corrected chi connectivity index (χ4v) is 2.17. The molecule has 3 nitrogen and oxygen atoms in total. The lowest BCUT2D eigenvalue weighted by atomic mass is 9.95. The summed E-state index contributed by atoms with van der Waals surface area (Å²) in [6.07, 6.45) is 6.52. The first-order valence-corrected chi connectivity index (χ1v) is 5.55. The third-order valence-electron chi connectivity index (χ3n) is 3.11. The molecule has 2 atom stereocenters. The topological polar surface area (TPSA) is 29.9 Å². The van der Waals surface area contributed by atoms with Crippen LogP contribution in [0.2, 0.25) is 0 Å². The van der Waals surface area contributed by atoms with Gasteiger partial charge in [-0.05, 0) is 26.7 Å². The molecule has 0 spiro atoms. The van der Waals surface area contributed by atoms with Crippen molar-refractivity contribution in [3.63, 3.8) is 0 Å². The SMILES string of the molecule is CCn1ccnc1C1CCC(C)NC1. The summed E-state index contributed by atoms with van der Waals surface area (Å²) in [5.41, 5.74) is 0. The Kier molecular flexibility index (Phi) is 2.87. The minimum atomic E-state index is 0.612. The van der Waals surface area contributed by atoms with Crippen LogP contribution in [0.25, 0.3) is 0 Å². The highest BCUT2D eigenvalue weighted by molar-refractivity contribution is 5.03. The molecule has 1 aromatic heterocycles. The van der Waals surface area contributed by atoms with Gasteiger partial charge in [-0.15, -0.1) is 0 Å². The predicted octanol–water partition coefficient (Wildman–Crippen LogP) is 1.76. The van der Waals surface area contributed by atoms with E-state index >= 15 is 0 Å². The van der Waals surface area contributed by atoms with Crippen molar-refractivity contribution >= 4 is 0 Å². The van der Waals surface area contributed by atoms with Crippen molar-refractivity contribution in [3.8, 4) is 0 Å². The second kappa shape index (κ2) is 4.13. The van der Waals surface area contributed by atoms with E-state index in [9.17, 15) is 0 Å². The number of imidazole rings is 1. The Hall–Kier alpha value is -0.830. The first-order valence-electron chi connectivity index (χ1n) is 5.55. The highest BCUT2D eigenvalue weighted by Gasteiger charge is 2.21. The van der Waals surface area contributed by atoms with Crippen molar-refractivity contribution < 1.29 is 0 Å². The molecule has 0 radical (unpaired) electrons. The van der Waals surface area contributed by atoms with E-state index in [4.69, 9.17) is 0 Å². The fraction of sp³-hybridized carbons (Fsp3) is 0.727. The first kappa shape index (κ1) is 9.71. The third kappa shape index (κ3) is 1.82. The molecule has 1 N–H and O–H groups in total. The number of nitrogens with zero attached hydrogens (tertiary/aromatic N) is 2. The summed E-state index contributed by atoms with van der Waals surface area (Å²) in [6, 6.07) is 0.677. The number of piperidine rings is 1. The average Bonchev–Trinajstić information content (AvgIpc) is 2.67. The Morgan fingerprint density at radius 3 is 3.07 bits per heavy atom. The van der Waals surface area contributed by atoms with E-state index in [1.807, 2.05) is 6.20 Å². The second-order valence-electron chi connectivity index (χ2n) is 4.16. The zero-order valence-corrected chi connectivity index (χ0v) is 9.03. The summed E-state index contributed by atoms with van der Waals surface area (Å²) < 4.78 is 2.25. The molecule has 0 bridgehead atoms. The second-order valence-corrected chi connectivity index (χ2v) is 4.16. The maximum atomic E-state index is 4.46. The molecule has 0 amide bonds. The van der Waals surface area contributed by atoms with Crippen LogP contribution in [0.1, 0.15) is 38.4 Å². The van der Waals surface area contributed by atoms with Gasteiger partial charge in [-0.3, -0.25) is 0 Å². The number of nitrogens with one attached hydrogen (secondary N) is 1. The molecule has 1 aliphatic heterocycles. The van der Waals surface area contributed by atoms with Gasteiger partial charge in [-0.1, -0.05) is 0 Å². The van der Waals surface area contributed by atoms with Gasteiger partial charge in [-0.25, -0.2) is 4.98 Å². The molecule has 2 unspecified atom stereocenters. The normalized spacial score (nSPS) is 27.9. The molecule has 0 aromatic carbocycles. The summed E-state index contributed by atoms with van der Waals surface area (Å²) in [4.78, 5) is 4.46. The van der Waals surface area contributed by atoms with Gasteiger partial charge >= 0.3 is 0 Å². The largest absolute Gasteiger partial charge is 0.335 e. The summed E-state index contributed by atoms with van der Waals surface area (Å²) in [7, 11) is 0. The van der Waals surface area contributed by atoms with Gasteiger partial charge in [0.2, 0.25) is 0 Å². The average molecular weight is 193 g/mol. The van der Waals surface area contributed by atoms with Crippen molar-refractivity contribution in [1.29, 1.82) is 0 Å². The Bertz CT molecular complexity index is 284. The fourth-order valence-electron chi connectivity index (χ4n) is 2.17. The Morgan fingerprint density at radius 1 is 1.57 bits per heavy atom. The Balaban J connectivity index is 2.08. The molecule has 0 saturated carbocycles. The highest BCUT2D eigenvalue weighted by atomic mass is 15.1. The number of aromatic nitrogens is 2. The molecule has 14 heavy (non-hydrogen) atoms. The number of hydrogen-bond acceptors (Lipinski definition) is 2. The monoisotopic (exact) mass is 193 g/mol. The third-order valence-corrected chi connectivity index (χ3v) is 3.11. The Morgan fingerprint density at radius 2 is 2.43 bits per heavy atom. The smallest absolute Gasteiger partial charge is 0.113 e. The molecule has 1 saturated heterocycles. The lowest BCUT2D eigenvalue weighted by Crippen LogP contribution is -2.36. The van der Waals surface area contributed by atoms with E-state index in [2.05, 4.69) is 34.9 Å². The number of aryl methyl sites for hydroxylation is 1. The Labute approximate surface area is 85.5 Å². The van der Waals surface area contributed by atoms with Gasteiger partial charge in [0.05, 0.1) is 0 Å². The van der Waals surface area contributed by atoms with Crippen LogP contribution in [0, 0.1) is 0 Å². The van der Waals surface area contributed by atoms with Gasteiger partial charge in [-0.2, -0.15) is 0 Å². The van der Waals surface area contributed by atoms with Crippen molar-refractivity contribution in [2.45, 2.75) is 45.2 Å². The maximum absolute atomic E-state index is 4.46. The summed E-state index contributed by atoms with van der Waals surface area (Å²) in [5, 5.41) is 3.52. The van der Waals surface area contributed by atoms with E-state index in [1.54, 1.807) is 0 Å². The van der Waals surface area contributed by atoms with E-state index in [-0.39, 0.29) is 0 Å². The van der Waals surface area contributed by atoms with Crippen LogP contribution in [0.3, 0.4) is 0 Å². The predicted molar refractivity (Wildman–Crippen MR) is 57.3 cm³/mol. The lowest BCUT2D eigenvalue weighted by molar-refractivity contribution is 0.369. The molecule has 0 aliphatic carbocycles. The first-order chi connectivity index (χ1) is 6.81. The van der Waals surface area contributed by atoms with Gasteiger partial charge in [0.25, 0.3) is 0 Å². The van der Waals surface area contributed by atoms with Crippen LogP contribution < -0.4 is 5.32 Å². The van der Waals surface area contributed by atoms with E-state index in [1.165, 1.54) is 18.7 Å². The van der Waals surface area contributed by atoms with Crippen molar-refractivity contribution in [2.75, 3.05) is 6.54 Å². The molecule has 3 heteroatoms. The van der Waals surface area contributed by atoms with Crippen LogP contribution in [0.4, 0.5) is 0 Å². The van der Waals surface area contributed by atoms with Crippen LogP contribution in [0.5, 0.6) is 0 Å². The van der Waals surface area contributed by atoms with Gasteiger partial charge < -0.3 is 9.88 Å². The lowest BCUT2D eigenvalue weighted by Gasteiger charge is -2.27. The quantitative estimate of drug-likeness (QED) is 0.775. The van der Waals surface area contributed by atoms with E-state index in [0.717, 1.165) is 13.1 Å². The minimum absolute atomic E-state index is 0.612. The number of hydrogen-bond donors (Lipinski definition) is 1. The van der Waals surface area contributed by atoms with Crippen molar-refractivity contribution in [1.82, 2.24) is 14.9 Å². The van der Waals surface area contributed by atoms with Crippen LogP contribution >= 0.6 is 0 Å². The standard InChI is InChI=1S/C11H19N3/c1-3-14-7-6-12-11(14)10-5-4-9(2)13-8-10/h6-7,9-10,13H,3-5,8H2,1-2H3. The van der Waals surface area contributed by atoms with Gasteiger partial charge in [0, 0.05) is 37.4 Å². The minimum Gasteiger partial charge on any atom is -0.335 e. The molecular formula is C11H19N3. The molecule has 78 valence electrons. The summed E-state index contributed by atoms with van der Waals surface area (Å²) in [5.74, 6) is 1.87. The number of rotatable bonds is 2. The zero-order chi connectivity index (χ0) is 9.97. The van der Waals surface area contributed by atoms with Gasteiger partial charge in [0.1, 0.15) is 5.82 Å². The molecule has 2 heterocycles. The molecule has 2 rings (SSSR count). The highest BCUT2D eigenvalue weighted by Crippen LogP contribution is 2.23. The van der Waals surface area contributed by atoms with Crippen LogP contribution in [-0.4, -0.2) is 22.1 Å². The van der Waals surface area contributed by atoms with E-state index in [0.29, 0.717) is 12.0 Å². The zero-order valence-electron chi connectivity index (χ0n) is 9.03.